The van der Waals surface area contributed by atoms with Crippen LogP contribution in [0.25, 0.3) is 0 Å². The second-order valence-corrected chi connectivity index (χ2v) is 4.04. The van der Waals surface area contributed by atoms with Crippen LogP contribution in [0.5, 0.6) is 0 Å². The van der Waals surface area contributed by atoms with Crippen molar-refractivity contribution in [1.82, 2.24) is 4.90 Å². The van der Waals surface area contributed by atoms with Gasteiger partial charge in [-0.25, -0.2) is 4.79 Å². The highest BCUT2D eigenvalue weighted by molar-refractivity contribution is 5.86. The minimum atomic E-state index is -0.995. The zero-order chi connectivity index (χ0) is 12.7. The van der Waals surface area contributed by atoms with Crippen LogP contribution in [0.3, 0.4) is 0 Å². The maximum absolute atomic E-state index is 11.7. The highest BCUT2D eigenvalue weighted by atomic mass is 16.4. The third-order valence-corrected chi connectivity index (χ3v) is 2.50. The van der Waals surface area contributed by atoms with Crippen molar-refractivity contribution >= 4 is 11.9 Å². The number of unbranched alkanes of at least 4 members (excludes halogenated alkanes) is 2. The van der Waals surface area contributed by atoms with E-state index in [-0.39, 0.29) is 5.91 Å². The highest BCUT2D eigenvalue weighted by Gasteiger charge is 2.26. The van der Waals surface area contributed by atoms with Gasteiger partial charge in [-0.1, -0.05) is 19.8 Å². The van der Waals surface area contributed by atoms with Crippen LogP contribution in [-0.2, 0) is 9.59 Å². The summed E-state index contributed by atoms with van der Waals surface area (Å²) < 4.78 is 0. The first-order chi connectivity index (χ1) is 7.41. The largest absolute Gasteiger partial charge is 0.480 e. The second-order valence-electron chi connectivity index (χ2n) is 4.04. The molecule has 0 aromatic rings. The molecule has 5 nitrogen and oxygen atoms in total. The molecule has 0 aliphatic rings. The Balaban J connectivity index is 4.50. The number of hydrogen-bond acceptors (Lipinski definition) is 3. The predicted octanol–water partition coefficient (Wildman–Crippen LogP) is 0.825. The number of nitrogens with zero attached hydrogens (tertiary/aromatic N) is 1. The summed E-state index contributed by atoms with van der Waals surface area (Å²) in [5.74, 6) is -1.29. The number of amides is 1. The number of carboxylic acids is 1. The summed E-state index contributed by atoms with van der Waals surface area (Å²) in [4.78, 5) is 23.9. The molecule has 0 bridgehead atoms. The molecular weight excluding hydrogens is 208 g/mol. The molecule has 1 amide bonds. The average Bonchev–Trinajstić information content (AvgIpc) is 2.22. The van der Waals surface area contributed by atoms with E-state index in [0.717, 1.165) is 19.3 Å². The second kappa shape index (κ2) is 7.22. The molecule has 0 rings (SSSR count). The number of nitrogens with two attached hydrogens (primary N) is 1. The van der Waals surface area contributed by atoms with E-state index in [9.17, 15) is 9.59 Å². The first kappa shape index (κ1) is 14.9. The number of rotatable bonds is 7. The zero-order valence-electron chi connectivity index (χ0n) is 10.3. The van der Waals surface area contributed by atoms with Crippen molar-refractivity contribution in [3.8, 4) is 0 Å². The molecule has 94 valence electrons. The Morgan fingerprint density at radius 2 is 1.88 bits per heavy atom. The average molecular weight is 230 g/mol. The summed E-state index contributed by atoms with van der Waals surface area (Å²) in [6, 6.07) is -1.46. The lowest BCUT2D eigenvalue weighted by atomic mass is 10.2. The Morgan fingerprint density at radius 1 is 1.31 bits per heavy atom. The van der Waals surface area contributed by atoms with Crippen LogP contribution in [0.2, 0.25) is 0 Å². The quantitative estimate of drug-likeness (QED) is 0.634. The Bertz CT molecular complexity index is 241. The smallest absolute Gasteiger partial charge is 0.326 e. The van der Waals surface area contributed by atoms with Crippen LogP contribution in [0.1, 0.15) is 40.0 Å². The van der Waals surface area contributed by atoms with E-state index in [1.807, 2.05) is 0 Å². The Morgan fingerprint density at radius 3 is 2.25 bits per heavy atom. The van der Waals surface area contributed by atoms with Gasteiger partial charge in [0.15, 0.2) is 0 Å². The summed E-state index contributed by atoms with van der Waals surface area (Å²) in [7, 11) is 0. The van der Waals surface area contributed by atoms with Gasteiger partial charge in [-0.3, -0.25) is 4.79 Å². The molecule has 0 aromatic carbocycles. The van der Waals surface area contributed by atoms with Gasteiger partial charge < -0.3 is 15.7 Å². The van der Waals surface area contributed by atoms with E-state index >= 15 is 0 Å². The number of carboxylic acid groups (broad SMARTS) is 1. The lowest BCUT2D eigenvalue weighted by molar-refractivity contribution is -0.149. The van der Waals surface area contributed by atoms with Gasteiger partial charge in [-0.15, -0.1) is 0 Å². The number of hydrogen-bond donors (Lipinski definition) is 2. The van der Waals surface area contributed by atoms with Gasteiger partial charge in [0, 0.05) is 6.54 Å². The van der Waals surface area contributed by atoms with Gasteiger partial charge in [0.2, 0.25) is 5.91 Å². The first-order valence-corrected chi connectivity index (χ1v) is 5.70. The summed E-state index contributed by atoms with van der Waals surface area (Å²) in [5.41, 5.74) is 5.49. The predicted molar refractivity (Wildman–Crippen MR) is 62.0 cm³/mol. The maximum Gasteiger partial charge on any atom is 0.326 e. The lowest BCUT2D eigenvalue weighted by Crippen LogP contribution is -2.49. The van der Waals surface area contributed by atoms with E-state index in [0.29, 0.717) is 6.54 Å². The van der Waals surface area contributed by atoms with Crippen LogP contribution < -0.4 is 5.73 Å². The highest BCUT2D eigenvalue weighted by Crippen LogP contribution is 2.06. The molecule has 16 heavy (non-hydrogen) atoms. The third kappa shape index (κ3) is 4.61. The molecule has 3 N–H and O–H groups in total. The van der Waals surface area contributed by atoms with Gasteiger partial charge in [-0.2, -0.15) is 0 Å². The maximum atomic E-state index is 11.7. The number of aliphatic carboxylic acids is 1. The SMILES string of the molecule is CCCCCN(C(=O)C(C)N)C(C)C(=O)O. The Hall–Kier alpha value is -1.10. The standard InChI is InChI=1S/C11H22N2O3/c1-4-5-6-7-13(9(3)11(15)16)10(14)8(2)12/h8-9H,4-7,12H2,1-3H3,(H,15,16). The Labute approximate surface area is 96.6 Å². The topological polar surface area (TPSA) is 83.6 Å². The van der Waals surface area contributed by atoms with E-state index in [1.165, 1.54) is 11.8 Å². The Kier molecular flexibility index (Phi) is 6.72. The number of carbonyl (C=O) groups excluding carboxylic acids is 1. The van der Waals surface area contributed by atoms with E-state index in [2.05, 4.69) is 6.92 Å². The van der Waals surface area contributed by atoms with E-state index in [4.69, 9.17) is 10.8 Å². The fourth-order valence-electron chi connectivity index (χ4n) is 1.42. The fourth-order valence-corrected chi connectivity index (χ4v) is 1.42. The summed E-state index contributed by atoms with van der Waals surface area (Å²) in [6.45, 7) is 5.60. The number of carbonyl (C=O) groups is 2. The summed E-state index contributed by atoms with van der Waals surface area (Å²) in [6.07, 6.45) is 2.82. The molecule has 0 fully saturated rings. The molecule has 0 saturated heterocycles. The molecule has 0 aliphatic carbocycles. The van der Waals surface area contributed by atoms with Gasteiger partial charge in [-0.05, 0) is 20.3 Å². The first-order valence-electron chi connectivity index (χ1n) is 5.70. The molecule has 0 heterocycles. The fraction of sp³-hybridized carbons (Fsp3) is 0.818. The third-order valence-electron chi connectivity index (χ3n) is 2.50. The molecule has 0 radical (unpaired) electrons. The van der Waals surface area contributed by atoms with Gasteiger partial charge in [0.25, 0.3) is 0 Å². The molecular formula is C11H22N2O3. The van der Waals surface area contributed by atoms with Crippen molar-refractivity contribution in [3.05, 3.63) is 0 Å². The monoisotopic (exact) mass is 230 g/mol. The van der Waals surface area contributed by atoms with Crippen molar-refractivity contribution < 1.29 is 14.7 Å². The van der Waals surface area contributed by atoms with Crippen molar-refractivity contribution in [2.45, 2.75) is 52.1 Å². The van der Waals surface area contributed by atoms with E-state index in [1.54, 1.807) is 6.92 Å². The molecule has 0 spiro atoms. The van der Waals surface area contributed by atoms with Crippen LogP contribution in [0.15, 0.2) is 0 Å². The molecule has 0 saturated carbocycles. The molecule has 2 unspecified atom stereocenters. The van der Waals surface area contributed by atoms with Crippen LogP contribution in [0, 0.1) is 0 Å². The van der Waals surface area contributed by atoms with E-state index < -0.39 is 18.1 Å². The minimum Gasteiger partial charge on any atom is -0.480 e. The molecule has 2 atom stereocenters. The summed E-state index contributed by atoms with van der Waals surface area (Å²) >= 11 is 0. The molecule has 0 aromatic heterocycles. The van der Waals surface area contributed by atoms with Crippen molar-refractivity contribution in [3.63, 3.8) is 0 Å². The van der Waals surface area contributed by atoms with Crippen LogP contribution >= 0.6 is 0 Å². The van der Waals surface area contributed by atoms with Crippen LogP contribution in [-0.4, -0.2) is 40.5 Å². The molecule has 0 aliphatic heterocycles. The van der Waals surface area contributed by atoms with Crippen molar-refractivity contribution in [2.24, 2.45) is 5.73 Å². The minimum absolute atomic E-state index is 0.300. The zero-order valence-corrected chi connectivity index (χ0v) is 10.3. The normalized spacial score (nSPS) is 14.2. The lowest BCUT2D eigenvalue weighted by Gasteiger charge is -2.28. The van der Waals surface area contributed by atoms with Gasteiger partial charge in [0.05, 0.1) is 6.04 Å². The van der Waals surface area contributed by atoms with Gasteiger partial charge in [0.1, 0.15) is 6.04 Å². The van der Waals surface area contributed by atoms with Crippen molar-refractivity contribution in [1.29, 1.82) is 0 Å². The van der Waals surface area contributed by atoms with Crippen molar-refractivity contribution in [2.75, 3.05) is 6.54 Å². The van der Waals surface area contributed by atoms with Gasteiger partial charge >= 0.3 is 5.97 Å². The summed E-state index contributed by atoms with van der Waals surface area (Å²) in [5, 5.41) is 8.90. The molecule has 5 heteroatoms. The van der Waals surface area contributed by atoms with Crippen LogP contribution in [0.4, 0.5) is 0 Å².